The third-order valence-corrected chi connectivity index (χ3v) is 5.25. The first-order valence-corrected chi connectivity index (χ1v) is 10.0. The van der Waals surface area contributed by atoms with E-state index in [1.165, 1.54) is 0 Å². The van der Waals surface area contributed by atoms with Crippen molar-refractivity contribution in [3.8, 4) is 11.5 Å². The number of carbonyl (C=O) groups excluding carboxylic acids is 1. The van der Waals surface area contributed by atoms with Crippen molar-refractivity contribution in [1.82, 2.24) is 15.2 Å². The third kappa shape index (κ3) is 4.45. The van der Waals surface area contributed by atoms with E-state index in [0.717, 1.165) is 48.6 Å². The SMILES string of the molecule is CCc1nnc(-c2ccc(NC(=O)C3CCN(c4ccc(C)cn4)CC3)cc2)o1. The molecule has 1 aliphatic rings. The molecule has 0 spiro atoms. The number of hydrogen-bond donors (Lipinski definition) is 1. The van der Waals surface area contributed by atoms with E-state index in [4.69, 9.17) is 4.42 Å². The molecule has 1 N–H and O–H groups in total. The van der Waals surface area contributed by atoms with Crippen molar-refractivity contribution in [3.05, 3.63) is 54.0 Å². The summed E-state index contributed by atoms with van der Waals surface area (Å²) in [5, 5.41) is 11.1. The van der Waals surface area contributed by atoms with Crippen LogP contribution in [0.5, 0.6) is 0 Å². The second-order valence-electron chi connectivity index (χ2n) is 7.38. The van der Waals surface area contributed by atoms with Gasteiger partial charge in [0.15, 0.2) is 0 Å². The molecular formula is C22H25N5O2. The Morgan fingerprint density at radius 2 is 1.90 bits per heavy atom. The van der Waals surface area contributed by atoms with E-state index in [2.05, 4.69) is 31.5 Å². The lowest BCUT2D eigenvalue weighted by atomic mass is 9.95. The molecule has 0 saturated carbocycles. The highest BCUT2D eigenvalue weighted by Gasteiger charge is 2.25. The van der Waals surface area contributed by atoms with Crippen molar-refractivity contribution in [2.24, 2.45) is 5.92 Å². The van der Waals surface area contributed by atoms with Crippen LogP contribution < -0.4 is 10.2 Å². The molecule has 1 aliphatic heterocycles. The van der Waals surface area contributed by atoms with Crippen LogP contribution in [0.4, 0.5) is 11.5 Å². The maximum Gasteiger partial charge on any atom is 0.247 e. The minimum atomic E-state index is 0.0134. The van der Waals surface area contributed by atoms with Crippen LogP contribution in [0.3, 0.4) is 0 Å². The largest absolute Gasteiger partial charge is 0.421 e. The van der Waals surface area contributed by atoms with Crippen molar-refractivity contribution >= 4 is 17.4 Å². The van der Waals surface area contributed by atoms with E-state index >= 15 is 0 Å². The molecule has 4 rings (SSSR count). The Bertz CT molecular complexity index is 958. The molecule has 2 aromatic heterocycles. The molecule has 1 amide bonds. The maximum absolute atomic E-state index is 12.7. The van der Waals surface area contributed by atoms with Crippen LogP contribution in [0, 0.1) is 12.8 Å². The summed E-state index contributed by atoms with van der Waals surface area (Å²) in [5.41, 5.74) is 2.77. The minimum absolute atomic E-state index is 0.0134. The molecule has 0 bridgehead atoms. The van der Waals surface area contributed by atoms with Crippen molar-refractivity contribution in [3.63, 3.8) is 0 Å². The van der Waals surface area contributed by atoms with Crippen molar-refractivity contribution in [2.45, 2.75) is 33.1 Å². The maximum atomic E-state index is 12.7. The number of aromatic nitrogens is 3. The number of benzene rings is 1. The summed E-state index contributed by atoms with van der Waals surface area (Å²) >= 11 is 0. The lowest BCUT2D eigenvalue weighted by Crippen LogP contribution is -2.38. The first-order chi connectivity index (χ1) is 14.1. The fourth-order valence-corrected chi connectivity index (χ4v) is 3.47. The standard InChI is InChI=1S/C22H25N5O2/c1-3-20-25-26-22(29-20)17-5-7-18(8-6-17)24-21(28)16-10-12-27(13-11-16)19-9-4-15(2)14-23-19/h4-9,14,16H,3,10-13H2,1-2H3,(H,24,28). The van der Waals surface area contributed by atoms with Crippen LogP contribution in [0.1, 0.15) is 31.2 Å². The highest BCUT2D eigenvalue weighted by molar-refractivity contribution is 5.92. The van der Waals surface area contributed by atoms with Gasteiger partial charge in [-0.1, -0.05) is 13.0 Å². The molecule has 0 aliphatic carbocycles. The monoisotopic (exact) mass is 391 g/mol. The zero-order valence-electron chi connectivity index (χ0n) is 16.8. The van der Waals surface area contributed by atoms with Gasteiger partial charge in [0.05, 0.1) is 0 Å². The average molecular weight is 391 g/mol. The van der Waals surface area contributed by atoms with Gasteiger partial charge in [0.1, 0.15) is 5.82 Å². The van der Waals surface area contributed by atoms with E-state index in [9.17, 15) is 4.79 Å². The smallest absolute Gasteiger partial charge is 0.247 e. The van der Waals surface area contributed by atoms with Crippen molar-refractivity contribution in [2.75, 3.05) is 23.3 Å². The van der Waals surface area contributed by atoms with E-state index in [1.54, 1.807) is 0 Å². The summed E-state index contributed by atoms with van der Waals surface area (Å²) in [5.74, 6) is 2.18. The number of rotatable bonds is 5. The summed E-state index contributed by atoms with van der Waals surface area (Å²) < 4.78 is 5.57. The minimum Gasteiger partial charge on any atom is -0.421 e. The Morgan fingerprint density at radius 1 is 1.14 bits per heavy atom. The summed E-state index contributed by atoms with van der Waals surface area (Å²) in [4.78, 5) is 19.4. The highest BCUT2D eigenvalue weighted by atomic mass is 16.4. The van der Waals surface area contributed by atoms with Crippen LogP contribution in [0.25, 0.3) is 11.5 Å². The normalized spacial score (nSPS) is 14.8. The fraction of sp³-hybridized carbons (Fsp3) is 0.364. The van der Waals surface area contributed by atoms with Gasteiger partial charge in [-0.3, -0.25) is 4.79 Å². The quantitative estimate of drug-likeness (QED) is 0.711. The lowest BCUT2D eigenvalue weighted by Gasteiger charge is -2.32. The Morgan fingerprint density at radius 3 is 2.52 bits per heavy atom. The van der Waals surface area contributed by atoms with Gasteiger partial charge in [-0.2, -0.15) is 0 Å². The van der Waals surface area contributed by atoms with Gasteiger partial charge in [-0.15, -0.1) is 10.2 Å². The fourth-order valence-electron chi connectivity index (χ4n) is 3.47. The predicted octanol–water partition coefficient (Wildman–Crippen LogP) is 3.86. The summed E-state index contributed by atoms with van der Waals surface area (Å²) in [7, 11) is 0. The zero-order chi connectivity index (χ0) is 20.2. The number of pyridine rings is 1. The first kappa shape index (κ1) is 19.1. The topological polar surface area (TPSA) is 84.2 Å². The zero-order valence-corrected chi connectivity index (χ0v) is 16.8. The summed E-state index contributed by atoms with van der Waals surface area (Å²) in [6, 6.07) is 11.6. The second kappa shape index (κ2) is 8.43. The molecule has 3 heterocycles. The molecule has 0 unspecified atom stereocenters. The summed E-state index contributed by atoms with van der Waals surface area (Å²) in [6.07, 6.45) is 4.23. The van der Waals surface area contributed by atoms with E-state index in [1.807, 2.05) is 50.4 Å². The lowest BCUT2D eigenvalue weighted by molar-refractivity contribution is -0.120. The Hall–Kier alpha value is -3.22. The number of nitrogens with zero attached hydrogens (tertiary/aromatic N) is 4. The van der Waals surface area contributed by atoms with Gasteiger partial charge < -0.3 is 14.6 Å². The second-order valence-corrected chi connectivity index (χ2v) is 7.38. The van der Waals surface area contributed by atoms with Crippen molar-refractivity contribution < 1.29 is 9.21 Å². The molecule has 1 saturated heterocycles. The van der Waals surface area contributed by atoms with Gasteiger partial charge in [0, 0.05) is 42.9 Å². The van der Waals surface area contributed by atoms with Crippen molar-refractivity contribution in [1.29, 1.82) is 0 Å². The molecule has 7 nitrogen and oxygen atoms in total. The molecule has 1 aromatic carbocycles. The number of amides is 1. The number of hydrogen-bond acceptors (Lipinski definition) is 6. The molecule has 29 heavy (non-hydrogen) atoms. The molecule has 7 heteroatoms. The molecule has 0 radical (unpaired) electrons. The number of anilines is 2. The Labute approximate surface area is 170 Å². The highest BCUT2D eigenvalue weighted by Crippen LogP contribution is 2.24. The number of nitrogens with one attached hydrogen (secondary N) is 1. The van der Waals surface area contributed by atoms with Gasteiger partial charge in [0.25, 0.3) is 0 Å². The predicted molar refractivity (Wildman–Crippen MR) is 112 cm³/mol. The van der Waals surface area contributed by atoms with Gasteiger partial charge in [0.2, 0.25) is 17.7 Å². The molecule has 3 aromatic rings. The van der Waals surface area contributed by atoms with E-state index < -0.39 is 0 Å². The van der Waals surface area contributed by atoms with Crippen LogP contribution in [0.2, 0.25) is 0 Å². The number of carbonyl (C=O) groups is 1. The Kier molecular flexibility index (Phi) is 5.55. The molecule has 0 atom stereocenters. The van der Waals surface area contributed by atoms with Gasteiger partial charge in [-0.05, 0) is 55.7 Å². The van der Waals surface area contributed by atoms with Crippen LogP contribution >= 0.6 is 0 Å². The van der Waals surface area contributed by atoms with Gasteiger partial charge >= 0.3 is 0 Å². The molecule has 150 valence electrons. The first-order valence-electron chi connectivity index (χ1n) is 10.0. The number of aryl methyl sites for hydroxylation is 2. The van der Waals surface area contributed by atoms with Crippen LogP contribution in [0.15, 0.2) is 47.0 Å². The van der Waals surface area contributed by atoms with Gasteiger partial charge in [-0.25, -0.2) is 4.98 Å². The summed E-state index contributed by atoms with van der Waals surface area (Å²) in [6.45, 7) is 5.68. The number of piperidine rings is 1. The van der Waals surface area contributed by atoms with E-state index in [-0.39, 0.29) is 11.8 Å². The van der Waals surface area contributed by atoms with Crippen LogP contribution in [-0.4, -0.2) is 34.2 Å². The average Bonchev–Trinajstić information content (AvgIpc) is 3.24. The third-order valence-electron chi connectivity index (χ3n) is 5.25. The molecule has 1 fully saturated rings. The Balaban J connectivity index is 1.32. The molecular weight excluding hydrogens is 366 g/mol. The van der Waals surface area contributed by atoms with Crippen LogP contribution in [-0.2, 0) is 11.2 Å². The van der Waals surface area contributed by atoms with E-state index in [0.29, 0.717) is 18.2 Å².